The fraction of sp³-hybridized carbons (Fsp3) is 0.533. The molecule has 1 amide bonds. The van der Waals surface area contributed by atoms with Crippen molar-refractivity contribution < 1.29 is 14.8 Å². The summed E-state index contributed by atoms with van der Waals surface area (Å²) in [6.07, 6.45) is 1.51. The minimum absolute atomic E-state index is 0.144. The van der Waals surface area contributed by atoms with Crippen molar-refractivity contribution in [3.63, 3.8) is 0 Å². The second-order valence-electron chi connectivity index (χ2n) is 5.41. The van der Waals surface area contributed by atoms with E-state index in [1.807, 2.05) is 30.4 Å². The molecule has 1 saturated heterocycles. The zero-order valence-electron chi connectivity index (χ0n) is 12.3. The minimum atomic E-state index is -1.60. The van der Waals surface area contributed by atoms with E-state index < -0.39 is 9.96 Å². The average Bonchev–Trinajstić information content (AvgIpc) is 2.95. The van der Waals surface area contributed by atoms with Gasteiger partial charge < -0.3 is 10.1 Å². The number of quaternary nitrogens is 1. The van der Waals surface area contributed by atoms with E-state index in [1.54, 1.807) is 6.07 Å². The summed E-state index contributed by atoms with van der Waals surface area (Å²) in [6.45, 7) is 3.29. The smallest absolute Gasteiger partial charge is 0.262 e. The summed E-state index contributed by atoms with van der Waals surface area (Å²) in [4.78, 5) is 12.4. The number of nitrogens with one attached hydrogen (secondary N) is 1. The maximum absolute atomic E-state index is 12.4. The van der Waals surface area contributed by atoms with E-state index in [1.165, 1.54) is 0 Å². The molecule has 1 aliphatic rings. The number of ether oxygens (including phenoxy) is 1. The van der Waals surface area contributed by atoms with Crippen molar-refractivity contribution in [3.05, 3.63) is 35.4 Å². The number of nitrogens with two attached hydrogens (primary N) is 1. The SMILES string of the molecule is Cc1ccccc1C(=O)N[C@H]([NH2+]C[C@H]1CCCO1)C(Cl)(Cl)Cl. The van der Waals surface area contributed by atoms with Crippen LogP contribution in [0.1, 0.15) is 28.8 Å². The van der Waals surface area contributed by atoms with Crippen LogP contribution in [0.5, 0.6) is 0 Å². The summed E-state index contributed by atoms with van der Waals surface area (Å²) in [6, 6.07) is 7.31. The van der Waals surface area contributed by atoms with Crippen molar-refractivity contribution in [1.29, 1.82) is 0 Å². The van der Waals surface area contributed by atoms with E-state index in [0.717, 1.165) is 25.0 Å². The predicted octanol–water partition coefficient (Wildman–Crippen LogP) is 2.16. The second-order valence-corrected chi connectivity index (χ2v) is 7.78. The summed E-state index contributed by atoms with van der Waals surface area (Å²) < 4.78 is 3.95. The topological polar surface area (TPSA) is 54.9 Å². The quantitative estimate of drug-likeness (QED) is 0.620. The first-order chi connectivity index (χ1) is 10.4. The second kappa shape index (κ2) is 7.84. The summed E-state index contributed by atoms with van der Waals surface area (Å²) in [5.41, 5.74) is 1.45. The van der Waals surface area contributed by atoms with Crippen molar-refractivity contribution in [1.82, 2.24) is 5.32 Å². The molecule has 2 rings (SSSR count). The molecule has 0 radical (unpaired) electrons. The Morgan fingerprint density at radius 2 is 2.18 bits per heavy atom. The van der Waals surface area contributed by atoms with Crippen molar-refractivity contribution in [2.24, 2.45) is 0 Å². The molecule has 22 heavy (non-hydrogen) atoms. The Labute approximate surface area is 145 Å². The Morgan fingerprint density at radius 3 is 2.77 bits per heavy atom. The number of alkyl halides is 3. The molecule has 4 nitrogen and oxygen atoms in total. The van der Waals surface area contributed by atoms with Gasteiger partial charge in [-0.1, -0.05) is 53.0 Å². The van der Waals surface area contributed by atoms with Gasteiger partial charge in [-0.25, -0.2) is 0 Å². The van der Waals surface area contributed by atoms with Crippen molar-refractivity contribution >= 4 is 40.7 Å². The molecule has 7 heteroatoms. The van der Waals surface area contributed by atoms with E-state index >= 15 is 0 Å². The zero-order chi connectivity index (χ0) is 16.2. The Kier molecular flexibility index (Phi) is 6.36. The van der Waals surface area contributed by atoms with Gasteiger partial charge in [-0.3, -0.25) is 10.1 Å². The first-order valence-electron chi connectivity index (χ1n) is 7.26. The number of amides is 1. The number of aryl methyl sites for hydroxylation is 1. The van der Waals surface area contributed by atoms with Gasteiger partial charge in [0.2, 0.25) is 6.17 Å². The Hall–Kier alpha value is -0.520. The Bertz CT molecular complexity index is 514. The molecule has 0 spiro atoms. The molecular formula is C15H20Cl3N2O2+. The number of rotatable bonds is 5. The van der Waals surface area contributed by atoms with Gasteiger partial charge >= 0.3 is 0 Å². The van der Waals surface area contributed by atoms with E-state index in [4.69, 9.17) is 39.5 Å². The van der Waals surface area contributed by atoms with Gasteiger partial charge in [-0.2, -0.15) is 0 Å². The molecule has 1 aromatic carbocycles. The lowest BCUT2D eigenvalue weighted by molar-refractivity contribution is -0.697. The third-order valence-electron chi connectivity index (χ3n) is 3.69. The lowest BCUT2D eigenvalue weighted by Crippen LogP contribution is -2.97. The van der Waals surface area contributed by atoms with Gasteiger partial charge in [0, 0.05) is 12.2 Å². The number of benzene rings is 1. The molecule has 0 unspecified atom stereocenters. The molecular weight excluding hydrogens is 347 g/mol. The van der Waals surface area contributed by atoms with E-state index in [2.05, 4.69) is 5.32 Å². The standard InChI is InChI=1S/C15H19Cl3N2O2/c1-10-5-2-3-7-12(10)13(21)20-14(15(16,17)18)19-9-11-6-4-8-22-11/h2-3,5,7,11,14,19H,4,6,8-9H2,1H3,(H,20,21)/p+1/t11-,14+/m1/s1. The Morgan fingerprint density at radius 1 is 1.45 bits per heavy atom. The van der Waals surface area contributed by atoms with Crippen LogP contribution >= 0.6 is 34.8 Å². The highest BCUT2D eigenvalue weighted by molar-refractivity contribution is 6.68. The molecule has 0 bridgehead atoms. The molecule has 1 fully saturated rings. The van der Waals surface area contributed by atoms with E-state index in [-0.39, 0.29) is 12.0 Å². The third kappa shape index (κ3) is 5.00. The molecule has 2 atom stereocenters. The number of carbonyl (C=O) groups excluding carboxylic acids is 1. The molecule has 0 saturated carbocycles. The molecule has 3 N–H and O–H groups in total. The van der Waals surface area contributed by atoms with Gasteiger partial charge in [0.15, 0.2) is 0 Å². The van der Waals surface area contributed by atoms with Crippen LogP contribution in [0.3, 0.4) is 0 Å². The summed E-state index contributed by atoms with van der Waals surface area (Å²) in [5, 5.41) is 4.61. The largest absolute Gasteiger partial charge is 0.372 e. The van der Waals surface area contributed by atoms with E-state index in [9.17, 15) is 4.79 Å². The van der Waals surface area contributed by atoms with Crippen molar-refractivity contribution in [2.45, 2.75) is 35.8 Å². The summed E-state index contributed by atoms with van der Waals surface area (Å²) in [5.74, 6) is -0.252. The predicted molar refractivity (Wildman–Crippen MR) is 88.5 cm³/mol. The number of halogens is 3. The molecule has 0 aromatic heterocycles. The van der Waals surface area contributed by atoms with Crippen LogP contribution in [0.25, 0.3) is 0 Å². The molecule has 1 heterocycles. The van der Waals surface area contributed by atoms with Crippen LogP contribution in [0.4, 0.5) is 0 Å². The van der Waals surface area contributed by atoms with Gasteiger partial charge in [0.1, 0.15) is 12.6 Å². The van der Waals surface area contributed by atoms with Crippen LogP contribution in [0.15, 0.2) is 24.3 Å². The summed E-state index contributed by atoms with van der Waals surface area (Å²) >= 11 is 18.0. The Balaban J connectivity index is 2.00. The van der Waals surface area contributed by atoms with Crippen LogP contribution < -0.4 is 10.6 Å². The average molecular weight is 367 g/mol. The number of hydrogen-bond donors (Lipinski definition) is 2. The minimum Gasteiger partial charge on any atom is -0.372 e. The molecule has 122 valence electrons. The lowest BCUT2D eigenvalue weighted by atomic mass is 10.1. The molecule has 1 aromatic rings. The maximum atomic E-state index is 12.4. The van der Waals surface area contributed by atoms with Crippen LogP contribution in [0, 0.1) is 6.92 Å². The number of carbonyl (C=O) groups is 1. The number of hydrogen-bond acceptors (Lipinski definition) is 2. The first-order valence-corrected chi connectivity index (χ1v) is 8.39. The normalized spacial score (nSPS) is 19.9. The van der Waals surface area contributed by atoms with E-state index in [0.29, 0.717) is 12.1 Å². The highest BCUT2D eigenvalue weighted by atomic mass is 35.6. The first kappa shape index (κ1) is 17.8. The highest BCUT2D eigenvalue weighted by Gasteiger charge is 2.38. The lowest BCUT2D eigenvalue weighted by Gasteiger charge is -2.24. The van der Waals surface area contributed by atoms with Gasteiger partial charge in [0.05, 0.1) is 0 Å². The van der Waals surface area contributed by atoms with Crippen LogP contribution in [-0.4, -0.2) is 35.1 Å². The van der Waals surface area contributed by atoms with Crippen LogP contribution in [-0.2, 0) is 4.74 Å². The van der Waals surface area contributed by atoms with Crippen LogP contribution in [0.2, 0.25) is 0 Å². The van der Waals surface area contributed by atoms with Crippen molar-refractivity contribution in [3.8, 4) is 0 Å². The van der Waals surface area contributed by atoms with Gasteiger partial charge in [-0.15, -0.1) is 0 Å². The fourth-order valence-corrected chi connectivity index (χ4v) is 2.87. The monoisotopic (exact) mass is 365 g/mol. The fourth-order valence-electron chi connectivity index (χ4n) is 2.44. The zero-order valence-corrected chi connectivity index (χ0v) is 14.6. The molecule has 0 aliphatic carbocycles. The maximum Gasteiger partial charge on any atom is 0.262 e. The van der Waals surface area contributed by atoms with Gasteiger partial charge in [-0.05, 0) is 31.4 Å². The molecule has 1 aliphatic heterocycles. The summed E-state index contributed by atoms with van der Waals surface area (Å²) in [7, 11) is 0. The third-order valence-corrected chi connectivity index (χ3v) is 4.39. The highest BCUT2D eigenvalue weighted by Crippen LogP contribution is 2.27. The van der Waals surface area contributed by atoms with Crippen molar-refractivity contribution in [2.75, 3.05) is 13.2 Å². The van der Waals surface area contributed by atoms with Gasteiger partial charge in [0.25, 0.3) is 9.70 Å².